The van der Waals surface area contributed by atoms with Crippen LogP contribution in [0.25, 0.3) is 22.2 Å². The Labute approximate surface area is 195 Å². The number of carbonyl (C=O) groups excluding carboxylic acids is 1. The number of aromatic nitrogens is 4. The number of nitrogens with two attached hydrogens (primary N) is 1. The summed E-state index contributed by atoms with van der Waals surface area (Å²) in [7, 11) is 1.54. The molecule has 4 aromatic rings. The van der Waals surface area contributed by atoms with Crippen molar-refractivity contribution in [1.29, 1.82) is 0 Å². The highest BCUT2D eigenvalue weighted by molar-refractivity contribution is 5.99. The Bertz CT molecular complexity index is 1400. The van der Waals surface area contributed by atoms with E-state index in [2.05, 4.69) is 15.5 Å². The lowest BCUT2D eigenvalue weighted by atomic mass is 10.1. The number of carbonyl (C=O) groups is 1. The average molecular weight is 459 g/mol. The molecule has 2 aromatic carbocycles. The van der Waals surface area contributed by atoms with Crippen LogP contribution in [0.2, 0.25) is 0 Å². The number of aromatic amines is 1. The summed E-state index contributed by atoms with van der Waals surface area (Å²) >= 11 is 0. The Morgan fingerprint density at radius 2 is 1.91 bits per heavy atom. The maximum atomic E-state index is 12.6. The summed E-state index contributed by atoms with van der Waals surface area (Å²) in [5, 5.41) is 14.8. The first-order valence-electron chi connectivity index (χ1n) is 11.3. The van der Waals surface area contributed by atoms with Gasteiger partial charge in [-0.15, -0.1) is 0 Å². The molecule has 1 aliphatic carbocycles. The molecule has 174 valence electrons. The smallest absolute Gasteiger partial charge is 0.290 e. The highest BCUT2D eigenvalue weighted by Gasteiger charge is 2.25. The lowest BCUT2D eigenvalue weighted by Crippen LogP contribution is -2.23. The monoisotopic (exact) mass is 458 g/mol. The van der Waals surface area contributed by atoms with E-state index >= 15 is 0 Å². The van der Waals surface area contributed by atoms with Crippen LogP contribution < -0.4 is 21.3 Å². The first-order valence-corrected chi connectivity index (χ1v) is 11.3. The van der Waals surface area contributed by atoms with E-state index in [-0.39, 0.29) is 23.3 Å². The van der Waals surface area contributed by atoms with Crippen molar-refractivity contribution in [3.05, 3.63) is 70.0 Å². The van der Waals surface area contributed by atoms with E-state index in [0.29, 0.717) is 34.5 Å². The largest absolute Gasteiger partial charge is 0.496 e. The third-order valence-corrected chi connectivity index (χ3v) is 6.36. The van der Waals surface area contributed by atoms with Crippen LogP contribution in [-0.4, -0.2) is 33.0 Å². The van der Waals surface area contributed by atoms with Gasteiger partial charge in [-0.2, -0.15) is 10.2 Å². The normalized spacial score (nSPS) is 13.9. The van der Waals surface area contributed by atoms with Crippen LogP contribution in [0.15, 0.2) is 53.3 Å². The average Bonchev–Trinajstić information content (AvgIpc) is 3.54. The van der Waals surface area contributed by atoms with Crippen LogP contribution in [0, 0.1) is 0 Å². The molecule has 2 heterocycles. The fraction of sp³-hybridized carbons (Fsp3) is 0.280. The van der Waals surface area contributed by atoms with Crippen molar-refractivity contribution in [2.45, 2.75) is 38.3 Å². The number of methoxy groups -OCH3 is 1. The number of nitrogens with one attached hydrogen (secondary N) is 2. The fourth-order valence-corrected chi connectivity index (χ4v) is 4.62. The maximum Gasteiger partial charge on any atom is 0.290 e. The van der Waals surface area contributed by atoms with Gasteiger partial charge < -0.3 is 15.8 Å². The molecular weight excluding hydrogens is 432 g/mol. The zero-order valence-corrected chi connectivity index (χ0v) is 18.9. The van der Waals surface area contributed by atoms with E-state index in [1.807, 2.05) is 35.0 Å². The molecule has 0 bridgehead atoms. The van der Waals surface area contributed by atoms with Gasteiger partial charge in [0.2, 0.25) is 0 Å². The number of rotatable bonds is 6. The topological polar surface area (TPSA) is 128 Å². The Morgan fingerprint density at radius 1 is 1.18 bits per heavy atom. The number of benzene rings is 2. The van der Waals surface area contributed by atoms with Gasteiger partial charge in [-0.05, 0) is 30.5 Å². The first-order chi connectivity index (χ1) is 16.6. The third kappa shape index (κ3) is 3.89. The van der Waals surface area contributed by atoms with Crippen molar-refractivity contribution in [1.82, 2.24) is 25.3 Å². The Morgan fingerprint density at radius 3 is 2.65 bits per heavy atom. The molecule has 1 fully saturated rings. The lowest BCUT2D eigenvalue weighted by Gasteiger charge is -2.10. The molecule has 0 atom stereocenters. The molecule has 1 saturated carbocycles. The number of amides is 1. The number of nitrogen functional groups attached to an aromatic ring is 1. The van der Waals surface area contributed by atoms with Gasteiger partial charge in [0.15, 0.2) is 5.82 Å². The second-order valence-electron chi connectivity index (χ2n) is 8.47. The van der Waals surface area contributed by atoms with Gasteiger partial charge in [0.25, 0.3) is 11.5 Å². The third-order valence-electron chi connectivity index (χ3n) is 6.36. The number of ether oxygens (including phenoxy) is 1. The van der Waals surface area contributed by atoms with Gasteiger partial charge in [0, 0.05) is 12.1 Å². The summed E-state index contributed by atoms with van der Waals surface area (Å²) in [5.74, 6) is 0.573. The molecule has 5 rings (SSSR count). The van der Waals surface area contributed by atoms with Gasteiger partial charge >= 0.3 is 0 Å². The van der Waals surface area contributed by atoms with Crippen molar-refractivity contribution in [3.8, 4) is 17.0 Å². The van der Waals surface area contributed by atoms with E-state index in [9.17, 15) is 9.59 Å². The summed E-state index contributed by atoms with van der Waals surface area (Å²) < 4.78 is 7.09. The quantitative estimate of drug-likeness (QED) is 0.406. The van der Waals surface area contributed by atoms with E-state index in [4.69, 9.17) is 15.6 Å². The number of para-hydroxylation sites is 1. The Balaban J connectivity index is 1.41. The second kappa shape index (κ2) is 9.01. The van der Waals surface area contributed by atoms with Crippen LogP contribution >= 0.6 is 0 Å². The number of nitrogens with zero attached hydrogens (tertiary/aromatic N) is 3. The van der Waals surface area contributed by atoms with Crippen LogP contribution in [0.5, 0.6) is 5.75 Å². The molecule has 0 radical (unpaired) electrons. The number of hydrogen-bond donors (Lipinski definition) is 3. The zero-order valence-electron chi connectivity index (χ0n) is 18.9. The van der Waals surface area contributed by atoms with Crippen molar-refractivity contribution in [2.24, 2.45) is 0 Å². The Hall–Kier alpha value is -4.14. The van der Waals surface area contributed by atoms with Crippen molar-refractivity contribution < 1.29 is 9.53 Å². The summed E-state index contributed by atoms with van der Waals surface area (Å²) in [6.07, 6.45) is 4.22. The molecule has 9 heteroatoms. The minimum Gasteiger partial charge on any atom is -0.496 e. The summed E-state index contributed by atoms with van der Waals surface area (Å²) in [6, 6.07) is 15.0. The van der Waals surface area contributed by atoms with E-state index in [0.717, 1.165) is 36.8 Å². The van der Waals surface area contributed by atoms with Gasteiger partial charge in [0.1, 0.15) is 17.0 Å². The van der Waals surface area contributed by atoms with E-state index in [1.54, 1.807) is 25.3 Å². The minimum atomic E-state index is -0.287. The molecular formula is C25H26N6O3. The molecule has 4 N–H and O–H groups in total. The molecule has 0 unspecified atom stereocenters. The molecule has 2 aromatic heterocycles. The van der Waals surface area contributed by atoms with Crippen molar-refractivity contribution in [2.75, 3.05) is 12.8 Å². The zero-order chi connectivity index (χ0) is 23.7. The number of hydrogen-bond acceptors (Lipinski definition) is 6. The van der Waals surface area contributed by atoms with Gasteiger partial charge in [0.05, 0.1) is 24.1 Å². The number of H-pyrrole nitrogens is 1. The Kier molecular flexibility index (Phi) is 5.75. The van der Waals surface area contributed by atoms with E-state index in [1.165, 1.54) is 0 Å². The number of anilines is 1. The standard InChI is InChI=1S/C25H26N6O3/c1-34-19-9-5-4-8-18(19)24(32)27-14-15-10-12-16(13-11-15)21-20-22(25(33)29-28-23(20)26)31(30-21)17-6-2-3-7-17/h4-5,8-13,17H,2-3,6-7,14H2,1H3,(H2,26,28)(H,27,32)(H,29,33). The SMILES string of the molecule is COc1ccccc1C(=O)NCc1ccc(-c2nn(C3CCCC3)c3c(=O)[nH]nc(N)c23)cc1. The molecule has 0 aliphatic heterocycles. The van der Waals surface area contributed by atoms with Crippen LogP contribution in [0.4, 0.5) is 5.82 Å². The summed E-state index contributed by atoms with van der Waals surface area (Å²) in [6.45, 7) is 0.359. The molecule has 0 saturated heterocycles. The molecule has 9 nitrogen and oxygen atoms in total. The van der Waals surface area contributed by atoms with Crippen LogP contribution in [0.3, 0.4) is 0 Å². The van der Waals surface area contributed by atoms with Gasteiger partial charge in [-0.1, -0.05) is 49.2 Å². The highest BCUT2D eigenvalue weighted by atomic mass is 16.5. The predicted molar refractivity (Wildman–Crippen MR) is 130 cm³/mol. The highest BCUT2D eigenvalue weighted by Crippen LogP contribution is 2.36. The summed E-state index contributed by atoms with van der Waals surface area (Å²) in [4.78, 5) is 25.2. The van der Waals surface area contributed by atoms with Gasteiger partial charge in [-0.3, -0.25) is 14.3 Å². The van der Waals surface area contributed by atoms with Crippen LogP contribution in [0.1, 0.15) is 47.6 Å². The van der Waals surface area contributed by atoms with Crippen molar-refractivity contribution >= 4 is 22.6 Å². The lowest BCUT2D eigenvalue weighted by molar-refractivity contribution is 0.0948. The maximum absolute atomic E-state index is 12.6. The van der Waals surface area contributed by atoms with Gasteiger partial charge in [-0.25, -0.2) is 5.10 Å². The van der Waals surface area contributed by atoms with Crippen molar-refractivity contribution in [3.63, 3.8) is 0 Å². The second-order valence-corrected chi connectivity index (χ2v) is 8.47. The molecule has 1 amide bonds. The molecule has 1 aliphatic rings. The minimum absolute atomic E-state index is 0.184. The predicted octanol–water partition coefficient (Wildman–Crippen LogP) is 3.42. The van der Waals surface area contributed by atoms with Crippen LogP contribution in [-0.2, 0) is 6.54 Å². The van der Waals surface area contributed by atoms with E-state index < -0.39 is 0 Å². The molecule has 0 spiro atoms. The summed E-state index contributed by atoms with van der Waals surface area (Å²) in [5.41, 5.74) is 9.25. The fourth-order valence-electron chi connectivity index (χ4n) is 4.62. The number of fused-ring (bicyclic) bond motifs is 1. The molecule has 34 heavy (non-hydrogen) atoms. The first kappa shape index (κ1) is 21.7.